The summed E-state index contributed by atoms with van der Waals surface area (Å²) in [6.07, 6.45) is -3.08. The molecule has 0 radical (unpaired) electrons. The van der Waals surface area contributed by atoms with Gasteiger partial charge in [-0.25, -0.2) is 0 Å². The Bertz CT molecular complexity index is 766. The van der Waals surface area contributed by atoms with Crippen LogP contribution in [-0.2, 0) is 0 Å². The standard InChI is InChI=1S/C16H11F3N2O2S/c17-16(18,19)23-14-7-6-12(10-13(14)20-22)21-8-9-24-15(21)11-4-2-1-3-5-11/h1-10,15H. The van der Waals surface area contributed by atoms with Crippen LogP contribution in [0.4, 0.5) is 24.5 Å². The van der Waals surface area contributed by atoms with Crippen molar-refractivity contribution in [3.63, 3.8) is 0 Å². The number of thioether (sulfide) groups is 1. The van der Waals surface area contributed by atoms with Gasteiger partial charge >= 0.3 is 6.36 Å². The summed E-state index contributed by atoms with van der Waals surface area (Å²) in [5, 5.41) is 4.46. The molecule has 8 heteroatoms. The number of ether oxygens (including phenoxy) is 1. The zero-order chi connectivity index (χ0) is 17.2. The SMILES string of the molecule is O=Nc1cc(N2C=CSC2c2ccccc2)ccc1OC(F)(F)F. The lowest BCUT2D eigenvalue weighted by Crippen LogP contribution is -2.18. The molecule has 0 aliphatic carbocycles. The summed E-state index contributed by atoms with van der Waals surface area (Å²) in [6, 6.07) is 13.5. The number of benzene rings is 2. The van der Waals surface area contributed by atoms with E-state index in [-0.39, 0.29) is 5.37 Å². The molecule has 4 nitrogen and oxygen atoms in total. The summed E-state index contributed by atoms with van der Waals surface area (Å²) < 4.78 is 40.9. The average Bonchev–Trinajstić information content (AvgIpc) is 3.04. The predicted molar refractivity (Wildman–Crippen MR) is 87.0 cm³/mol. The molecule has 0 spiro atoms. The number of anilines is 1. The minimum Gasteiger partial charge on any atom is -0.403 e. The summed E-state index contributed by atoms with van der Waals surface area (Å²) in [7, 11) is 0. The molecule has 1 aliphatic heterocycles. The van der Waals surface area contributed by atoms with Crippen molar-refractivity contribution in [2.24, 2.45) is 5.18 Å². The Morgan fingerprint density at radius 1 is 1.12 bits per heavy atom. The van der Waals surface area contributed by atoms with Crippen molar-refractivity contribution < 1.29 is 17.9 Å². The number of alkyl halides is 3. The molecule has 2 aromatic carbocycles. The lowest BCUT2D eigenvalue weighted by atomic mass is 10.2. The largest absolute Gasteiger partial charge is 0.573 e. The van der Waals surface area contributed by atoms with E-state index in [2.05, 4.69) is 9.91 Å². The Morgan fingerprint density at radius 2 is 1.88 bits per heavy atom. The predicted octanol–water partition coefficient (Wildman–Crippen LogP) is 5.71. The highest BCUT2D eigenvalue weighted by molar-refractivity contribution is 8.02. The molecule has 0 amide bonds. The zero-order valence-corrected chi connectivity index (χ0v) is 12.9. The van der Waals surface area contributed by atoms with Gasteiger partial charge in [0.05, 0.1) is 0 Å². The topological polar surface area (TPSA) is 41.9 Å². The molecule has 1 heterocycles. The summed E-state index contributed by atoms with van der Waals surface area (Å²) >= 11 is 1.55. The normalized spacial score (nSPS) is 17.1. The highest BCUT2D eigenvalue weighted by atomic mass is 32.2. The maximum atomic E-state index is 12.4. The fourth-order valence-corrected chi connectivity index (χ4v) is 3.33. The molecule has 0 N–H and O–H groups in total. The Hall–Kier alpha value is -2.48. The fraction of sp³-hybridized carbons (Fsp3) is 0.125. The van der Waals surface area contributed by atoms with Crippen molar-refractivity contribution in [1.82, 2.24) is 0 Å². The monoisotopic (exact) mass is 352 g/mol. The van der Waals surface area contributed by atoms with Gasteiger partial charge < -0.3 is 9.64 Å². The van der Waals surface area contributed by atoms with Gasteiger partial charge in [0.2, 0.25) is 0 Å². The van der Waals surface area contributed by atoms with Crippen LogP contribution in [0.2, 0.25) is 0 Å². The molecule has 0 fully saturated rings. The molecule has 124 valence electrons. The van der Waals surface area contributed by atoms with Gasteiger partial charge in [0.1, 0.15) is 5.37 Å². The fourth-order valence-electron chi connectivity index (χ4n) is 2.35. The second kappa shape index (κ2) is 6.56. The minimum absolute atomic E-state index is 0.0694. The van der Waals surface area contributed by atoms with Crippen LogP contribution < -0.4 is 9.64 Å². The van der Waals surface area contributed by atoms with Crippen LogP contribution in [0.1, 0.15) is 10.9 Å². The molecule has 1 aliphatic rings. The molecule has 1 unspecified atom stereocenters. The van der Waals surface area contributed by atoms with Crippen LogP contribution in [0.15, 0.2) is 65.3 Å². The van der Waals surface area contributed by atoms with E-state index >= 15 is 0 Å². The summed E-state index contributed by atoms with van der Waals surface area (Å²) in [4.78, 5) is 12.7. The smallest absolute Gasteiger partial charge is 0.403 e. The van der Waals surface area contributed by atoms with Gasteiger partial charge in [0.25, 0.3) is 0 Å². The van der Waals surface area contributed by atoms with Crippen LogP contribution in [0.3, 0.4) is 0 Å². The van der Waals surface area contributed by atoms with E-state index in [1.54, 1.807) is 18.0 Å². The molecule has 0 bridgehead atoms. The van der Waals surface area contributed by atoms with Crippen LogP contribution in [-0.4, -0.2) is 6.36 Å². The zero-order valence-electron chi connectivity index (χ0n) is 12.1. The number of halogens is 3. The Labute approximate surface area is 139 Å². The lowest BCUT2D eigenvalue weighted by molar-refractivity contribution is -0.274. The minimum atomic E-state index is -4.88. The van der Waals surface area contributed by atoms with Gasteiger partial charge in [-0.15, -0.1) is 29.8 Å². The van der Waals surface area contributed by atoms with Crippen molar-refractivity contribution in [2.45, 2.75) is 11.7 Å². The van der Waals surface area contributed by atoms with Crippen LogP contribution in [0.5, 0.6) is 5.75 Å². The molecule has 0 saturated carbocycles. The second-order valence-electron chi connectivity index (χ2n) is 4.88. The molecular formula is C16H11F3N2O2S. The van der Waals surface area contributed by atoms with Gasteiger partial charge in [-0.3, -0.25) is 0 Å². The number of hydrogen-bond donors (Lipinski definition) is 0. The first-order valence-electron chi connectivity index (χ1n) is 6.86. The summed E-state index contributed by atoms with van der Waals surface area (Å²) in [5.74, 6) is -0.617. The van der Waals surface area contributed by atoms with Gasteiger partial charge in [-0.05, 0) is 34.3 Å². The van der Waals surface area contributed by atoms with Gasteiger partial charge in [-0.2, -0.15) is 0 Å². The van der Waals surface area contributed by atoms with E-state index < -0.39 is 17.8 Å². The first-order chi connectivity index (χ1) is 11.5. The molecule has 0 aromatic heterocycles. The van der Waals surface area contributed by atoms with E-state index in [9.17, 15) is 18.1 Å². The van der Waals surface area contributed by atoms with E-state index in [0.717, 1.165) is 11.6 Å². The third kappa shape index (κ3) is 3.53. The van der Waals surface area contributed by atoms with Crippen molar-refractivity contribution in [2.75, 3.05) is 4.90 Å². The van der Waals surface area contributed by atoms with E-state index in [1.807, 2.05) is 40.6 Å². The third-order valence-electron chi connectivity index (χ3n) is 3.33. The molecule has 3 rings (SSSR count). The molecule has 2 aromatic rings. The first-order valence-corrected chi connectivity index (χ1v) is 7.81. The Morgan fingerprint density at radius 3 is 2.54 bits per heavy atom. The third-order valence-corrected chi connectivity index (χ3v) is 4.37. The molecule has 1 atom stereocenters. The van der Waals surface area contributed by atoms with Crippen molar-refractivity contribution in [3.05, 3.63) is 70.6 Å². The van der Waals surface area contributed by atoms with Gasteiger partial charge in [0.15, 0.2) is 11.4 Å². The number of rotatable bonds is 4. The van der Waals surface area contributed by atoms with Crippen LogP contribution in [0.25, 0.3) is 0 Å². The average molecular weight is 352 g/mol. The number of nitroso groups, excluding NO2 is 1. The maximum Gasteiger partial charge on any atom is 0.573 e. The highest BCUT2D eigenvalue weighted by Gasteiger charge is 2.33. The quantitative estimate of drug-likeness (QED) is 0.661. The van der Waals surface area contributed by atoms with Crippen molar-refractivity contribution in [1.29, 1.82) is 0 Å². The maximum absolute atomic E-state index is 12.4. The van der Waals surface area contributed by atoms with Crippen molar-refractivity contribution >= 4 is 23.1 Å². The number of hydrogen-bond acceptors (Lipinski definition) is 5. The molecular weight excluding hydrogens is 341 g/mol. The molecule has 24 heavy (non-hydrogen) atoms. The van der Waals surface area contributed by atoms with Gasteiger partial charge in [0, 0.05) is 11.9 Å². The second-order valence-corrected chi connectivity index (χ2v) is 5.87. The summed E-state index contributed by atoms with van der Waals surface area (Å²) in [5.41, 5.74) is 1.18. The Balaban J connectivity index is 1.91. The van der Waals surface area contributed by atoms with Crippen LogP contribution in [0, 0.1) is 4.91 Å². The van der Waals surface area contributed by atoms with E-state index in [1.165, 1.54) is 12.1 Å². The first kappa shape index (κ1) is 16.4. The van der Waals surface area contributed by atoms with E-state index in [4.69, 9.17) is 0 Å². The molecule has 0 saturated heterocycles. The highest BCUT2D eigenvalue weighted by Crippen LogP contribution is 2.44. The number of nitrogens with zero attached hydrogens (tertiary/aromatic N) is 2. The summed E-state index contributed by atoms with van der Waals surface area (Å²) in [6.45, 7) is 0. The van der Waals surface area contributed by atoms with E-state index in [0.29, 0.717) is 5.69 Å². The van der Waals surface area contributed by atoms with Crippen LogP contribution >= 0.6 is 11.8 Å². The lowest BCUT2D eigenvalue weighted by Gasteiger charge is -2.25. The Kier molecular flexibility index (Phi) is 4.48. The van der Waals surface area contributed by atoms with Crippen molar-refractivity contribution in [3.8, 4) is 5.75 Å². The van der Waals surface area contributed by atoms with Gasteiger partial charge in [-0.1, -0.05) is 30.3 Å².